The Bertz CT molecular complexity index is 914. The number of hydrogen-bond acceptors (Lipinski definition) is 4. The van der Waals surface area contributed by atoms with E-state index in [-0.39, 0.29) is 11.5 Å². The van der Waals surface area contributed by atoms with Crippen LogP contribution in [0.4, 0.5) is 0 Å². The molecule has 2 heterocycles. The Labute approximate surface area is 172 Å². The smallest absolute Gasteiger partial charge is 0.254 e. The molecule has 0 bridgehead atoms. The summed E-state index contributed by atoms with van der Waals surface area (Å²) in [5.74, 6) is 1.12. The van der Waals surface area contributed by atoms with Gasteiger partial charge in [-0.05, 0) is 56.7 Å². The number of rotatable bonds is 7. The Balaban J connectivity index is 2.06. The second-order valence-electron chi connectivity index (χ2n) is 7.46. The molecule has 0 unspecified atom stereocenters. The van der Waals surface area contributed by atoms with Crippen LogP contribution in [0.15, 0.2) is 23.0 Å². The number of amides is 1. The van der Waals surface area contributed by atoms with Crippen molar-refractivity contribution in [1.29, 1.82) is 0 Å². The highest BCUT2D eigenvalue weighted by molar-refractivity contribution is 5.96. The summed E-state index contributed by atoms with van der Waals surface area (Å²) in [6.45, 7) is 8.14. The van der Waals surface area contributed by atoms with E-state index in [2.05, 4.69) is 4.98 Å². The highest BCUT2D eigenvalue weighted by Crippen LogP contribution is 2.30. The van der Waals surface area contributed by atoms with Crippen LogP contribution in [-0.4, -0.2) is 40.5 Å². The third kappa shape index (κ3) is 4.69. The lowest BCUT2D eigenvalue weighted by molar-refractivity contribution is 0.0724. The normalized spacial score (nSPS) is 14.1. The first kappa shape index (κ1) is 21.1. The molecule has 0 saturated carbocycles. The molecule has 1 amide bonds. The van der Waals surface area contributed by atoms with Crippen molar-refractivity contribution in [2.75, 3.05) is 19.7 Å². The number of aromatic nitrogens is 2. The molecule has 1 fully saturated rings. The van der Waals surface area contributed by atoms with Gasteiger partial charge in [0, 0.05) is 24.2 Å². The molecule has 2 aromatic rings. The quantitative estimate of drug-likeness (QED) is 0.767. The van der Waals surface area contributed by atoms with Crippen molar-refractivity contribution < 1.29 is 9.53 Å². The number of hydrogen-bond donors (Lipinski definition) is 1. The van der Waals surface area contributed by atoms with Gasteiger partial charge in [0.1, 0.15) is 11.6 Å². The minimum Gasteiger partial charge on any atom is -0.493 e. The number of H-pyrrole nitrogens is 1. The molecule has 6 heteroatoms. The highest BCUT2D eigenvalue weighted by Gasteiger charge is 2.21. The van der Waals surface area contributed by atoms with Gasteiger partial charge in [-0.25, -0.2) is 4.98 Å². The minimum atomic E-state index is -0.122. The van der Waals surface area contributed by atoms with Crippen molar-refractivity contribution in [3.8, 4) is 17.1 Å². The van der Waals surface area contributed by atoms with E-state index in [1.807, 2.05) is 43.9 Å². The van der Waals surface area contributed by atoms with Crippen molar-refractivity contribution in [3.63, 3.8) is 0 Å². The van der Waals surface area contributed by atoms with Crippen molar-refractivity contribution in [3.05, 3.63) is 45.4 Å². The molecular weight excluding hydrogens is 366 g/mol. The summed E-state index contributed by atoms with van der Waals surface area (Å²) in [5.41, 5.74) is 2.65. The number of likely N-dealkylation sites (tertiary alicyclic amines) is 1. The predicted octanol–water partition coefficient (Wildman–Crippen LogP) is 3.98. The molecule has 1 aromatic heterocycles. The molecular formula is C23H31N3O3. The number of aromatic amines is 1. The Morgan fingerprint density at radius 3 is 2.55 bits per heavy atom. The zero-order chi connectivity index (χ0) is 20.8. The maximum Gasteiger partial charge on any atom is 0.254 e. The number of aryl methyl sites for hydroxylation is 1. The highest BCUT2D eigenvalue weighted by atomic mass is 16.5. The summed E-state index contributed by atoms with van der Waals surface area (Å²) in [5, 5.41) is 0. The molecule has 1 aliphatic rings. The molecule has 1 saturated heterocycles. The van der Waals surface area contributed by atoms with Crippen LogP contribution in [0.25, 0.3) is 11.4 Å². The number of nitrogens with one attached hydrogen (secondary N) is 1. The van der Waals surface area contributed by atoms with Crippen LogP contribution in [0.5, 0.6) is 5.75 Å². The van der Waals surface area contributed by atoms with Gasteiger partial charge < -0.3 is 14.6 Å². The van der Waals surface area contributed by atoms with Crippen molar-refractivity contribution >= 4 is 5.91 Å². The second-order valence-corrected chi connectivity index (χ2v) is 7.46. The average Bonchev–Trinajstić information content (AvgIpc) is 2.77. The molecule has 1 aromatic carbocycles. The summed E-state index contributed by atoms with van der Waals surface area (Å²) in [6, 6.07) is 5.44. The first-order valence-corrected chi connectivity index (χ1v) is 10.8. The third-order valence-electron chi connectivity index (χ3n) is 5.38. The van der Waals surface area contributed by atoms with Crippen molar-refractivity contribution in [2.45, 2.75) is 59.3 Å². The predicted molar refractivity (Wildman–Crippen MR) is 115 cm³/mol. The summed E-state index contributed by atoms with van der Waals surface area (Å²) in [7, 11) is 0. The van der Waals surface area contributed by atoms with Gasteiger partial charge in [-0.15, -0.1) is 0 Å². The Morgan fingerprint density at radius 1 is 1.14 bits per heavy atom. The Hall–Kier alpha value is -2.63. The van der Waals surface area contributed by atoms with Crippen LogP contribution in [0.1, 0.15) is 68.1 Å². The van der Waals surface area contributed by atoms with Crippen molar-refractivity contribution in [1.82, 2.24) is 14.9 Å². The lowest BCUT2D eigenvalue weighted by Crippen LogP contribution is -2.35. The van der Waals surface area contributed by atoms with E-state index < -0.39 is 0 Å². The standard InChI is InChI=1S/C23H31N3O3/c1-4-14-29-20-11-10-16(23(28)26-12-8-7-9-13-26)15-18(20)21-24-19(6-3)17(5-2)22(27)25-21/h10-11,15H,4-9,12-14H2,1-3H3,(H,24,25,27). The largest absolute Gasteiger partial charge is 0.493 e. The number of carbonyl (C=O) groups is 1. The lowest BCUT2D eigenvalue weighted by atomic mass is 10.0. The maximum absolute atomic E-state index is 13.0. The average molecular weight is 398 g/mol. The molecule has 0 aliphatic carbocycles. The molecule has 3 rings (SSSR count). The summed E-state index contributed by atoms with van der Waals surface area (Å²) >= 11 is 0. The third-order valence-corrected chi connectivity index (χ3v) is 5.38. The number of nitrogens with zero attached hydrogens (tertiary/aromatic N) is 2. The topological polar surface area (TPSA) is 75.3 Å². The summed E-state index contributed by atoms with van der Waals surface area (Å²) in [4.78, 5) is 35.1. The van der Waals surface area contributed by atoms with Crippen LogP contribution in [0, 0.1) is 0 Å². The minimum absolute atomic E-state index is 0.0243. The van der Waals surface area contributed by atoms with Gasteiger partial charge in [0.2, 0.25) is 0 Å². The van der Waals surface area contributed by atoms with Crippen molar-refractivity contribution in [2.24, 2.45) is 0 Å². The van der Waals surface area contributed by atoms with Gasteiger partial charge in [-0.2, -0.15) is 0 Å². The van der Waals surface area contributed by atoms with Gasteiger partial charge in [0.25, 0.3) is 11.5 Å². The number of ether oxygens (including phenoxy) is 1. The fourth-order valence-electron chi connectivity index (χ4n) is 3.79. The van der Waals surface area contributed by atoms with E-state index >= 15 is 0 Å². The fourth-order valence-corrected chi connectivity index (χ4v) is 3.79. The number of carbonyl (C=O) groups excluding carboxylic acids is 1. The van der Waals surface area contributed by atoms with Crippen LogP contribution < -0.4 is 10.3 Å². The molecule has 29 heavy (non-hydrogen) atoms. The molecule has 6 nitrogen and oxygen atoms in total. The van der Waals surface area contributed by atoms with Gasteiger partial charge in [0.15, 0.2) is 0 Å². The van der Waals surface area contributed by atoms with E-state index in [1.54, 1.807) is 0 Å². The number of benzene rings is 1. The van der Waals surface area contributed by atoms with Gasteiger partial charge in [-0.1, -0.05) is 20.8 Å². The van der Waals surface area contributed by atoms with Crippen LogP contribution in [0.2, 0.25) is 0 Å². The lowest BCUT2D eigenvalue weighted by Gasteiger charge is -2.27. The van der Waals surface area contributed by atoms with E-state index in [9.17, 15) is 9.59 Å². The van der Waals surface area contributed by atoms with E-state index in [4.69, 9.17) is 9.72 Å². The number of piperidine rings is 1. The zero-order valence-electron chi connectivity index (χ0n) is 17.7. The fraction of sp³-hybridized carbons (Fsp3) is 0.522. The Kier molecular flexibility index (Phi) is 7.07. The van der Waals surface area contributed by atoms with E-state index in [1.165, 1.54) is 6.42 Å². The first-order chi connectivity index (χ1) is 14.1. The molecule has 0 spiro atoms. The van der Waals surface area contributed by atoms with E-state index in [0.29, 0.717) is 47.7 Å². The maximum atomic E-state index is 13.0. The zero-order valence-corrected chi connectivity index (χ0v) is 17.7. The first-order valence-electron chi connectivity index (χ1n) is 10.8. The molecule has 1 N–H and O–H groups in total. The monoisotopic (exact) mass is 397 g/mol. The van der Waals surface area contributed by atoms with Crippen LogP contribution in [0.3, 0.4) is 0 Å². The van der Waals surface area contributed by atoms with Gasteiger partial charge in [-0.3, -0.25) is 9.59 Å². The Morgan fingerprint density at radius 2 is 1.90 bits per heavy atom. The molecule has 0 atom stereocenters. The van der Waals surface area contributed by atoms with Crippen LogP contribution in [-0.2, 0) is 12.8 Å². The second kappa shape index (κ2) is 9.72. The molecule has 0 radical (unpaired) electrons. The van der Waals surface area contributed by atoms with E-state index in [0.717, 1.165) is 38.0 Å². The van der Waals surface area contributed by atoms with Crippen LogP contribution >= 0.6 is 0 Å². The molecule has 156 valence electrons. The summed E-state index contributed by atoms with van der Waals surface area (Å²) < 4.78 is 5.90. The molecule has 1 aliphatic heterocycles. The summed E-state index contributed by atoms with van der Waals surface area (Å²) in [6.07, 6.45) is 5.45. The van der Waals surface area contributed by atoms with Gasteiger partial charge >= 0.3 is 0 Å². The van der Waals surface area contributed by atoms with Gasteiger partial charge in [0.05, 0.1) is 17.9 Å². The SMILES string of the molecule is CCCOc1ccc(C(=O)N2CCCCC2)cc1-c1nc(CC)c(CC)c(=O)[nH]1.